The van der Waals surface area contributed by atoms with Crippen molar-refractivity contribution < 1.29 is 5.11 Å². The van der Waals surface area contributed by atoms with Gasteiger partial charge in [0.15, 0.2) is 0 Å². The second kappa shape index (κ2) is 5.45. The zero-order chi connectivity index (χ0) is 12.3. The van der Waals surface area contributed by atoms with Crippen molar-refractivity contribution in [1.29, 1.82) is 0 Å². The van der Waals surface area contributed by atoms with Gasteiger partial charge in [-0.2, -0.15) is 0 Å². The Kier molecular flexibility index (Phi) is 3.94. The molecular weight excluding hydrogens is 259 g/mol. The Morgan fingerprint density at radius 3 is 2.47 bits per heavy atom. The fourth-order valence-electron chi connectivity index (χ4n) is 1.47. The summed E-state index contributed by atoms with van der Waals surface area (Å²) < 4.78 is 0. The Bertz CT molecular complexity index is 511. The normalized spacial score (nSPS) is 10.5. The third kappa shape index (κ3) is 2.94. The van der Waals surface area contributed by atoms with Crippen molar-refractivity contribution in [2.24, 2.45) is 0 Å². The Hall–Kier alpha value is -1.16. The molecule has 0 aliphatic heterocycles. The van der Waals surface area contributed by atoms with Gasteiger partial charge in [0.25, 0.3) is 0 Å². The van der Waals surface area contributed by atoms with Crippen LogP contribution in [0.25, 0.3) is 0 Å². The van der Waals surface area contributed by atoms with E-state index in [1.165, 1.54) is 0 Å². The summed E-state index contributed by atoms with van der Waals surface area (Å²) in [7, 11) is 0. The number of nitrogens with zero attached hydrogens (tertiary/aromatic N) is 2. The maximum absolute atomic E-state index is 8.99. The third-order valence-electron chi connectivity index (χ3n) is 2.32. The molecule has 5 heteroatoms. The molecule has 1 heterocycles. The molecule has 0 amide bonds. The molecule has 2 aromatic rings. The molecule has 0 saturated carbocycles. The van der Waals surface area contributed by atoms with Crippen molar-refractivity contribution in [1.82, 2.24) is 9.97 Å². The molecule has 0 bridgehead atoms. The summed E-state index contributed by atoms with van der Waals surface area (Å²) >= 11 is 12.1. The molecule has 0 atom stereocenters. The van der Waals surface area contributed by atoms with E-state index in [-0.39, 0.29) is 6.61 Å². The minimum absolute atomic E-state index is 0.105. The van der Waals surface area contributed by atoms with Crippen LogP contribution in [0.2, 0.25) is 10.0 Å². The molecule has 1 aromatic heterocycles. The fourth-order valence-corrected chi connectivity index (χ4v) is 2.00. The number of rotatable bonds is 3. The summed E-state index contributed by atoms with van der Waals surface area (Å²) in [5.41, 5.74) is 1.38. The van der Waals surface area contributed by atoms with Crippen LogP contribution >= 0.6 is 23.2 Å². The van der Waals surface area contributed by atoms with E-state index in [2.05, 4.69) is 9.97 Å². The van der Waals surface area contributed by atoms with Crippen molar-refractivity contribution in [2.75, 3.05) is 0 Å². The zero-order valence-corrected chi connectivity index (χ0v) is 10.4. The van der Waals surface area contributed by atoms with E-state index in [9.17, 15) is 0 Å². The number of aliphatic hydroxyl groups excluding tert-OH is 1. The highest BCUT2D eigenvalue weighted by Gasteiger charge is 2.08. The van der Waals surface area contributed by atoms with Crippen molar-refractivity contribution in [3.05, 3.63) is 57.6 Å². The first-order chi connectivity index (χ1) is 8.20. The number of benzene rings is 1. The molecule has 0 radical (unpaired) electrons. The van der Waals surface area contributed by atoms with Crippen molar-refractivity contribution in [3.63, 3.8) is 0 Å². The van der Waals surface area contributed by atoms with Gasteiger partial charge < -0.3 is 5.11 Å². The van der Waals surface area contributed by atoms with Crippen LogP contribution in [-0.2, 0) is 13.0 Å². The quantitative estimate of drug-likeness (QED) is 0.931. The largest absolute Gasteiger partial charge is 0.390 e. The molecule has 88 valence electrons. The number of aliphatic hydroxyl groups is 1. The van der Waals surface area contributed by atoms with Crippen LogP contribution in [-0.4, -0.2) is 15.1 Å². The minimum Gasteiger partial charge on any atom is -0.390 e. The highest BCUT2D eigenvalue weighted by Crippen LogP contribution is 2.25. The minimum atomic E-state index is -0.105. The lowest BCUT2D eigenvalue weighted by atomic mass is 10.1. The summed E-state index contributed by atoms with van der Waals surface area (Å²) in [4.78, 5) is 8.32. The molecule has 2 rings (SSSR count). The van der Waals surface area contributed by atoms with Gasteiger partial charge in [0.2, 0.25) is 0 Å². The number of halogens is 2. The van der Waals surface area contributed by atoms with E-state index < -0.39 is 0 Å². The average Bonchev–Trinajstić information content (AvgIpc) is 2.34. The monoisotopic (exact) mass is 268 g/mol. The first-order valence-corrected chi connectivity index (χ1v) is 5.81. The Labute approximate surface area is 109 Å². The van der Waals surface area contributed by atoms with Crippen LogP contribution in [0.4, 0.5) is 0 Å². The van der Waals surface area contributed by atoms with Gasteiger partial charge in [0.05, 0.1) is 12.3 Å². The van der Waals surface area contributed by atoms with E-state index in [1.54, 1.807) is 30.5 Å². The molecule has 3 nitrogen and oxygen atoms in total. The first-order valence-electron chi connectivity index (χ1n) is 5.05. The predicted molar refractivity (Wildman–Crippen MR) is 67.2 cm³/mol. The summed E-state index contributed by atoms with van der Waals surface area (Å²) in [6, 6.07) is 7.01. The lowest BCUT2D eigenvalue weighted by Crippen LogP contribution is -2.00. The highest BCUT2D eigenvalue weighted by molar-refractivity contribution is 6.36. The van der Waals surface area contributed by atoms with Crippen molar-refractivity contribution >= 4 is 23.2 Å². The van der Waals surface area contributed by atoms with Gasteiger partial charge in [0.1, 0.15) is 5.82 Å². The van der Waals surface area contributed by atoms with Crippen LogP contribution in [0, 0.1) is 0 Å². The summed E-state index contributed by atoms with van der Waals surface area (Å²) in [6.45, 7) is -0.105. The SMILES string of the molecule is OCc1ccnc(Cc2c(Cl)cccc2Cl)n1. The number of aromatic nitrogens is 2. The fraction of sp³-hybridized carbons (Fsp3) is 0.167. The average molecular weight is 269 g/mol. The molecule has 0 aliphatic carbocycles. The van der Waals surface area contributed by atoms with E-state index in [0.29, 0.717) is 28.0 Å². The van der Waals surface area contributed by atoms with Gasteiger partial charge in [-0.1, -0.05) is 29.3 Å². The molecular formula is C12H10Cl2N2O. The number of hydrogen-bond acceptors (Lipinski definition) is 3. The summed E-state index contributed by atoms with van der Waals surface area (Å²) in [6.07, 6.45) is 2.06. The lowest BCUT2D eigenvalue weighted by molar-refractivity contribution is 0.276. The third-order valence-corrected chi connectivity index (χ3v) is 3.03. The molecule has 0 unspecified atom stereocenters. The maximum atomic E-state index is 8.99. The molecule has 1 N–H and O–H groups in total. The van der Waals surface area contributed by atoms with Gasteiger partial charge in [0, 0.05) is 22.7 Å². The second-order valence-electron chi connectivity index (χ2n) is 3.50. The van der Waals surface area contributed by atoms with Gasteiger partial charge in [-0.15, -0.1) is 0 Å². The predicted octanol–water partition coefficient (Wildman–Crippen LogP) is 2.87. The van der Waals surface area contributed by atoms with E-state index in [4.69, 9.17) is 28.3 Å². The number of hydrogen-bond donors (Lipinski definition) is 1. The molecule has 0 spiro atoms. The van der Waals surface area contributed by atoms with Crippen molar-refractivity contribution in [2.45, 2.75) is 13.0 Å². The van der Waals surface area contributed by atoms with E-state index >= 15 is 0 Å². The Morgan fingerprint density at radius 1 is 1.12 bits per heavy atom. The second-order valence-corrected chi connectivity index (χ2v) is 4.31. The summed E-state index contributed by atoms with van der Waals surface area (Å²) in [5, 5.41) is 10.2. The van der Waals surface area contributed by atoms with Crippen LogP contribution < -0.4 is 0 Å². The van der Waals surface area contributed by atoms with Crippen LogP contribution in [0.15, 0.2) is 30.5 Å². The molecule has 0 aliphatic rings. The topological polar surface area (TPSA) is 46.0 Å². The van der Waals surface area contributed by atoms with Crippen LogP contribution in [0.3, 0.4) is 0 Å². The van der Waals surface area contributed by atoms with Gasteiger partial charge in [-0.3, -0.25) is 0 Å². The maximum Gasteiger partial charge on any atom is 0.133 e. The first kappa shape index (κ1) is 12.3. The highest BCUT2D eigenvalue weighted by atomic mass is 35.5. The smallest absolute Gasteiger partial charge is 0.133 e. The summed E-state index contributed by atoms with van der Waals surface area (Å²) in [5.74, 6) is 0.589. The van der Waals surface area contributed by atoms with E-state index in [1.807, 2.05) is 0 Å². The molecule has 17 heavy (non-hydrogen) atoms. The van der Waals surface area contributed by atoms with Crippen molar-refractivity contribution in [3.8, 4) is 0 Å². The van der Waals surface area contributed by atoms with Crippen LogP contribution in [0.5, 0.6) is 0 Å². The lowest BCUT2D eigenvalue weighted by Gasteiger charge is -2.06. The van der Waals surface area contributed by atoms with Crippen LogP contribution in [0.1, 0.15) is 17.1 Å². The Morgan fingerprint density at radius 2 is 1.82 bits per heavy atom. The Balaban J connectivity index is 2.31. The van der Waals surface area contributed by atoms with E-state index in [0.717, 1.165) is 5.56 Å². The molecule has 1 aromatic carbocycles. The zero-order valence-electron chi connectivity index (χ0n) is 8.90. The van der Waals surface area contributed by atoms with Gasteiger partial charge >= 0.3 is 0 Å². The van der Waals surface area contributed by atoms with Gasteiger partial charge in [-0.05, 0) is 23.8 Å². The van der Waals surface area contributed by atoms with Gasteiger partial charge in [-0.25, -0.2) is 9.97 Å². The standard InChI is InChI=1S/C12H10Cl2N2O/c13-10-2-1-3-11(14)9(10)6-12-15-5-4-8(7-17)16-12/h1-5,17H,6-7H2. The molecule has 0 fully saturated rings. The molecule has 0 saturated heterocycles.